The fourth-order valence-electron chi connectivity index (χ4n) is 2.26. The predicted octanol–water partition coefficient (Wildman–Crippen LogP) is 1.20. The lowest BCUT2D eigenvalue weighted by Gasteiger charge is -2.39. The zero-order valence-corrected chi connectivity index (χ0v) is 11.4. The molecule has 0 spiro atoms. The summed E-state index contributed by atoms with van der Waals surface area (Å²) in [4.78, 5) is 11.3. The molecule has 0 bridgehead atoms. The second-order valence-corrected chi connectivity index (χ2v) is 4.76. The van der Waals surface area contributed by atoms with E-state index in [0.29, 0.717) is 6.04 Å². The van der Waals surface area contributed by atoms with Gasteiger partial charge in [-0.3, -0.25) is 4.98 Å². The molecule has 5 nitrogen and oxygen atoms in total. The van der Waals surface area contributed by atoms with Gasteiger partial charge in [0.2, 0.25) is 0 Å². The minimum absolute atomic E-state index is 0.252. The minimum atomic E-state index is 0.252. The van der Waals surface area contributed by atoms with Crippen LogP contribution in [0.4, 0.5) is 5.82 Å². The van der Waals surface area contributed by atoms with Crippen molar-refractivity contribution in [2.24, 2.45) is 0 Å². The van der Waals surface area contributed by atoms with Crippen molar-refractivity contribution in [3.63, 3.8) is 0 Å². The van der Waals surface area contributed by atoms with Crippen LogP contribution in [-0.4, -0.2) is 42.3 Å². The van der Waals surface area contributed by atoms with E-state index in [4.69, 9.17) is 4.74 Å². The third kappa shape index (κ3) is 2.97. The second-order valence-electron chi connectivity index (χ2n) is 4.76. The second kappa shape index (κ2) is 6.11. The van der Waals surface area contributed by atoms with E-state index in [9.17, 15) is 0 Å². The zero-order valence-electron chi connectivity index (χ0n) is 11.4. The smallest absolute Gasteiger partial charge is 0.147 e. The molecule has 1 N–H and O–H groups in total. The van der Waals surface area contributed by atoms with Crippen LogP contribution in [0.3, 0.4) is 0 Å². The summed E-state index contributed by atoms with van der Waals surface area (Å²) in [6, 6.07) is 0.403. The molecule has 0 saturated carbocycles. The summed E-state index contributed by atoms with van der Waals surface area (Å²) in [5, 5.41) is 3.10. The third-order valence-corrected chi connectivity index (χ3v) is 3.26. The standard InChI is InChI=1S/C13H22N4O/c1-4-12-9-18-10(2)8-17(12)13-7-15-6-11(16-13)5-14-3/h6-7,10,12,14H,4-5,8-9H2,1-3H3. The first-order valence-corrected chi connectivity index (χ1v) is 6.58. The number of morpholine rings is 1. The zero-order chi connectivity index (χ0) is 13.0. The van der Waals surface area contributed by atoms with Gasteiger partial charge in [0.05, 0.1) is 30.6 Å². The molecule has 1 fully saturated rings. The van der Waals surface area contributed by atoms with Crippen LogP contribution in [0, 0.1) is 0 Å². The van der Waals surface area contributed by atoms with Crippen molar-refractivity contribution < 1.29 is 4.74 Å². The Morgan fingerprint density at radius 1 is 1.50 bits per heavy atom. The molecule has 1 aliphatic heterocycles. The lowest BCUT2D eigenvalue weighted by Crippen LogP contribution is -2.49. The van der Waals surface area contributed by atoms with E-state index >= 15 is 0 Å². The highest BCUT2D eigenvalue weighted by Gasteiger charge is 2.26. The van der Waals surface area contributed by atoms with Gasteiger partial charge in [-0.05, 0) is 20.4 Å². The van der Waals surface area contributed by atoms with E-state index in [2.05, 4.69) is 34.0 Å². The Morgan fingerprint density at radius 2 is 2.33 bits per heavy atom. The van der Waals surface area contributed by atoms with Gasteiger partial charge >= 0.3 is 0 Å². The average Bonchev–Trinajstić information content (AvgIpc) is 2.39. The molecular weight excluding hydrogens is 228 g/mol. The topological polar surface area (TPSA) is 50.3 Å². The normalized spacial score (nSPS) is 24.3. The van der Waals surface area contributed by atoms with E-state index in [1.165, 1.54) is 0 Å². The van der Waals surface area contributed by atoms with Gasteiger partial charge in [0, 0.05) is 19.3 Å². The summed E-state index contributed by atoms with van der Waals surface area (Å²) >= 11 is 0. The number of hydrogen-bond acceptors (Lipinski definition) is 5. The fourth-order valence-corrected chi connectivity index (χ4v) is 2.26. The number of nitrogens with one attached hydrogen (secondary N) is 1. The van der Waals surface area contributed by atoms with Crippen LogP contribution in [0.1, 0.15) is 26.0 Å². The number of anilines is 1. The van der Waals surface area contributed by atoms with E-state index < -0.39 is 0 Å². The first kappa shape index (κ1) is 13.2. The highest BCUT2D eigenvalue weighted by Crippen LogP contribution is 2.21. The molecule has 0 aliphatic carbocycles. The summed E-state index contributed by atoms with van der Waals surface area (Å²) < 4.78 is 5.71. The minimum Gasteiger partial charge on any atom is -0.375 e. The number of hydrogen-bond donors (Lipinski definition) is 1. The molecule has 18 heavy (non-hydrogen) atoms. The van der Waals surface area contributed by atoms with Gasteiger partial charge in [-0.25, -0.2) is 4.98 Å². The Labute approximate surface area is 109 Å². The van der Waals surface area contributed by atoms with Crippen molar-refractivity contribution in [3.8, 4) is 0 Å². The van der Waals surface area contributed by atoms with Crippen molar-refractivity contribution >= 4 is 5.82 Å². The maximum Gasteiger partial charge on any atom is 0.147 e. The molecule has 2 atom stereocenters. The molecule has 1 aromatic heterocycles. The summed E-state index contributed by atoms with van der Waals surface area (Å²) in [6.07, 6.45) is 4.97. The van der Waals surface area contributed by atoms with Crippen LogP contribution in [0.15, 0.2) is 12.4 Å². The van der Waals surface area contributed by atoms with E-state index in [0.717, 1.165) is 37.6 Å². The summed E-state index contributed by atoms with van der Waals surface area (Å²) in [5.41, 5.74) is 0.976. The number of nitrogens with zero attached hydrogens (tertiary/aromatic N) is 3. The van der Waals surface area contributed by atoms with Gasteiger partial charge in [-0.15, -0.1) is 0 Å². The van der Waals surface area contributed by atoms with Crippen LogP contribution < -0.4 is 10.2 Å². The monoisotopic (exact) mass is 250 g/mol. The van der Waals surface area contributed by atoms with Crippen molar-refractivity contribution in [2.75, 3.05) is 25.1 Å². The van der Waals surface area contributed by atoms with Crippen LogP contribution in [0.5, 0.6) is 0 Å². The van der Waals surface area contributed by atoms with Gasteiger partial charge in [0.25, 0.3) is 0 Å². The van der Waals surface area contributed by atoms with Gasteiger partial charge < -0.3 is 15.0 Å². The summed E-state index contributed by atoms with van der Waals surface area (Å²) in [7, 11) is 1.92. The Bertz CT molecular complexity index is 385. The van der Waals surface area contributed by atoms with Crippen molar-refractivity contribution in [3.05, 3.63) is 18.1 Å². The molecule has 100 valence electrons. The summed E-state index contributed by atoms with van der Waals surface area (Å²) in [6.45, 7) is 6.69. The molecule has 2 heterocycles. The molecule has 0 aromatic carbocycles. The Morgan fingerprint density at radius 3 is 3.06 bits per heavy atom. The molecular formula is C13H22N4O. The third-order valence-electron chi connectivity index (χ3n) is 3.26. The average molecular weight is 250 g/mol. The SMILES string of the molecule is CCC1COC(C)CN1c1cncc(CNC)n1. The molecule has 0 radical (unpaired) electrons. The molecule has 0 amide bonds. The Hall–Kier alpha value is -1.20. The first-order valence-electron chi connectivity index (χ1n) is 6.58. The van der Waals surface area contributed by atoms with Crippen LogP contribution in [-0.2, 0) is 11.3 Å². The summed E-state index contributed by atoms with van der Waals surface area (Å²) in [5.74, 6) is 0.963. The molecule has 2 unspecified atom stereocenters. The lowest BCUT2D eigenvalue weighted by atomic mass is 10.1. The highest BCUT2D eigenvalue weighted by molar-refractivity contribution is 5.38. The number of aromatic nitrogens is 2. The Kier molecular flexibility index (Phi) is 4.49. The van der Waals surface area contributed by atoms with Crippen molar-refractivity contribution in [1.82, 2.24) is 15.3 Å². The van der Waals surface area contributed by atoms with Crippen molar-refractivity contribution in [2.45, 2.75) is 39.0 Å². The molecule has 1 saturated heterocycles. The van der Waals surface area contributed by atoms with Gasteiger partial charge in [0.15, 0.2) is 0 Å². The molecule has 5 heteroatoms. The maximum atomic E-state index is 5.71. The molecule has 1 aliphatic rings. The van der Waals surface area contributed by atoms with Crippen LogP contribution in [0.25, 0.3) is 0 Å². The maximum absolute atomic E-state index is 5.71. The largest absolute Gasteiger partial charge is 0.375 e. The van der Waals surface area contributed by atoms with Crippen LogP contribution >= 0.6 is 0 Å². The van der Waals surface area contributed by atoms with Gasteiger partial charge in [-0.2, -0.15) is 0 Å². The lowest BCUT2D eigenvalue weighted by molar-refractivity contribution is 0.0296. The first-order chi connectivity index (χ1) is 8.74. The van der Waals surface area contributed by atoms with Gasteiger partial charge in [0.1, 0.15) is 5.82 Å². The number of ether oxygens (including phenoxy) is 1. The predicted molar refractivity (Wildman–Crippen MR) is 71.6 cm³/mol. The van der Waals surface area contributed by atoms with E-state index in [1.807, 2.05) is 19.4 Å². The highest BCUT2D eigenvalue weighted by atomic mass is 16.5. The van der Waals surface area contributed by atoms with E-state index in [-0.39, 0.29) is 6.10 Å². The Balaban J connectivity index is 2.19. The fraction of sp³-hybridized carbons (Fsp3) is 0.692. The van der Waals surface area contributed by atoms with Crippen molar-refractivity contribution in [1.29, 1.82) is 0 Å². The van der Waals surface area contributed by atoms with Gasteiger partial charge in [-0.1, -0.05) is 6.92 Å². The molecule has 2 rings (SSSR count). The number of rotatable bonds is 4. The van der Waals surface area contributed by atoms with Crippen LogP contribution in [0.2, 0.25) is 0 Å². The van der Waals surface area contributed by atoms with E-state index in [1.54, 1.807) is 0 Å². The quantitative estimate of drug-likeness (QED) is 0.870. The molecule has 1 aromatic rings.